The maximum Gasteiger partial charge on any atom is 0.188 e. The summed E-state index contributed by atoms with van der Waals surface area (Å²) in [5.74, 6) is 0.355. The average Bonchev–Trinajstić information content (AvgIpc) is 2.04. The van der Waals surface area contributed by atoms with Gasteiger partial charge in [-0.2, -0.15) is 0 Å². The van der Waals surface area contributed by atoms with E-state index in [0.717, 1.165) is 5.56 Å². The van der Waals surface area contributed by atoms with E-state index in [-0.39, 0.29) is 0 Å². The molecule has 0 saturated heterocycles. The first-order chi connectivity index (χ1) is 5.27. The van der Waals surface area contributed by atoms with Gasteiger partial charge < -0.3 is 0 Å². The number of halogens is 2. The van der Waals surface area contributed by atoms with Gasteiger partial charge in [0.1, 0.15) is 5.15 Å². The fourth-order valence-electron chi connectivity index (χ4n) is 0.559. The first-order valence-electron chi connectivity index (χ1n) is 2.89. The van der Waals surface area contributed by atoms with Crippen LogP contribution in [-0.2, 0) is 5.88 Å². The highest BCUT2D eigenvalue weighted by Crippen LogP contribution is 2.17. The van der Waals surface area contributed by atoms with Crippen LogP contribution in [0.1, 0.15) is 5.56 Å². The van der Waals surface area contributed by atoms with Gasteiger partial charge in [-0.25, -0.2) is 9.97 Å². The molecule has 0 bridgehead atoms. The fourth-order valence-corrected chi connectivity index (χ4v) is 1.41. The summed E-state index contributed by atoms with van der Waals surface area (Å²) in [6, 6.07) is 0. The van der Waals surface area contributed by atoms with Crippen LogP contribution in [-0.4, -0.2) is 16.2 Å². The second-order valence-electron chi connectivity index (χ2n) is 1.81. The maximum atomic E-state index is 5.76. The molecule has 1 aromatic heterocycles. The van der Waals surface area contributed by atoms with E-state index in [9.17, 15) is 0 Å². The van der Waals surface area contributed by atoms with Crippen molar-refractivity contribution in [2.45, 2.75) is 11.0 Å². The smallest absolute Gasteiger partial charge is 0.188 e. The van der Waals surface area contributed by atoms with Crippen LogP contribution in [0.3, 0.4) is 0 Å². The van der Waals surface area contributed by atoms with Crippen LogP contribution in [0.15, 0.2) is 11.4 Å². The van der Waals surface area contributed by atoms with Gasteiger partial charge in [-0.05, 0) is 6.26 Å². The van der Waals surface area contributed by atoms with E-state index in [4.69, 9.17) is 23.2 Å². The van der Waals surface area contributed by atoms with Crippen molar-refractivity contribution >= 4 is 35.0 Å². The predicted octanol–water partition coefficient (Wildman–Crippen LogP) is 2.59. The summed E-state index contributed by atoms with van der Waals surface area (Å²) in [7, 11) is 0. The molecule has 5 heteroatoms. The quantitative estimate of drug-likeness (QED) is 0.324. The Balaban J connectivity index is 2.99. The van der Waals surface area contributed by atoms with Gasteiger partial charge in [-0.15, -0.1) is 11.6 Å². The third-order valence-corrected chi connectivity index (χ3v) is 2.29. The van der Waals surface area contributed by atoms with E-state index >= 15 is 0 Å². The number of thioether (sulfide) groups is 1. The van der Waals surface area contributed by atoms with Crippen LogP contribution in [0.5, 0.6) is 0 Å². The third-order valence-electron chi connectivity index (χ3n) is 1.12. The SMILES string of the molecule is CSc1ncc(CCl)c(Cl)n1. The van der Waals surface area contributed by atoms with Crippen molar-refractivity contribution in [3.8, 4) is 0 Å². The monoisotopic (exact) mass is 208 g/mol. The molecule has 0 radical (unpaired) electrons. The molecular weight excluding hydrogens is 203 g/mol. The van der Waals surface area contributed by atoms with E-state index in [1.165, 1.54) is 11.8 Å². The van der Waals surface area contributed by atoms with Crippen LogP contribution < -0.4 is 0 Å². The molecule has 0 unspecified atom stereocenters. The lowest BCUT2D eigenvalue weighted by atomic mass is 10.4. The fraction of sp³-hybridized carbons (Fsp3) is 0.333. The first kappa shape index (κ1) is 9.10. The number of rotatable bonds is 2. The summed E-state index contributed by atoms with van der Waals surface area (Å²) in [5, 5.41) is 1.11. The Morgan fingerprint density at radius 3 is 2.82 bits per heavy atom. The highest BCUT2D eigenvalue weighted by molar-refractivity contribution is 7.98. The number of alkyl halides is 1. The molecule has 0 aliphatic heterocycles. The zero-order valence-electron chi connectivity index (χ0n) is 5.84. The van der Waals surface area contributed by atoms with Gasteiger partial charge in [0.15, 0.2) is 5.16 Å². The molecule has 0 N–H and O–H groups in total. The molecule has 0 aromatic carbocycles. The minimum absolute atomic E-state index is 0.355. The molecule has 0 saturated carbocycles. The van der Waals surface area contributed by atoms with Crippen LogP contribution in [0.25, 0.3) is 0 Å². The lowest BCUT2D eigenvalue weighted by molar-refractivity contribution is 0.949. The largest absolute Gasteiger partial charge is 0.231 e. The molecule has 0 atom stereocenters. The Labute approximate surface area is 79.3 Å². The van der Waals surface area contributed by atoms with E-state index in [2.05, 4.69) is 9.97 Å². The molecule has 0 aliphatic carbocycles. The lowest BCUT2D eigenvalue weighted by Crippen LogP contribution is -1.90. The summed E-state index contributed by atoms with van der Waals surface area (Å²) in [4.78, 5) is 8.01. The minimum Gasteiger partial charge on any atom is -0.231 e. The predicted molar refractivity (Wildman–Crippen MR) is 48.4 cm³/mol. The molecule has 1 heterocycles. The van der Waals surface area contributed by atoms with Gasteiger partial charge in [0, 0.05) is 11.8 Å². The highest BCUT2D eigenvalue weighted by atomic mass is 35.5. The van der Waals surface area contributed by atoms with Gasteiger partial charge in [0.2, 0.25) is 0 Å². The van der Waals surface area contributed by atoms with E-state index in [1.54, 1.807) is 6.20 Å². The second-order valence-corrected chi connectivity index (χ2v) is 3.21. The van der Waals surface area contributed by atoms with Crippen molar-refractivity contribution in [1.82, 2.24) is 9.97 Å². The average molecular weight is 209 g/mol. The molecule has 0 spiro atoms. The molecule has 0 amide bonds. The van der Waals surface area contributed by atoms with Crippen LogP contribution >= 0.6 is 35.0 Å². The van der Waals surface area contributed by atoms with Crippen molar-refractivity contribution in [1.29, 1.82) is 0 Å². The Bertz CT molecular complexity index is 254. The summed E-state index contributed by atoms with van der Waals surface area (Å²) >= 11 is 12.8. The van der Waals surface area contributed by atoms with Crippen LogP contribution in [0, 0.1) is 0 Å². The molecule has 0 fully saturated rings. The molecule has 0 aliphatic rings. The van der Waals surface area contributed by atoms with E-state index < -0.39 is 0 Å². The molecule has 1 rings (SSSR count). The van der Waals surface area contributed by atoms with Gasteiger partial charge in [-0.3, -0.25) is 0 Å². The summed E-state index contributed by atoms with van der Waals surface area (Å²) in [6.07, 6.45) is 3.54. The van der Waals surface area contributed by atoms with Crippen LogP contribution in [0.2, 0.25) is 5.15 Å². The van der Waals surface area contributed by atoms with Crippen molar-refractivity contribution in [3.05, 3.63) is 16.9 Å². The lowest BCUT2D eigenvalue weighted by Gasteiger charge is -1.98. The molecule has 11 heavy (non-hydrogen) atoms. The molecular formula is C6H6Cl2N2S. The number of hydrogen-bond acceptors (Lipinski definition) is 3. The molecule has 60 valence electrons. The normalized spacial score (nSPS) is 10.1. The summed E-state index contributed by atoms with van der Waals surface area (Å²) in [5.41, 5.74) is 0.770. The number of hydrogen-bond donors (Lipinski definition) is 0. The topological polar surface area (TPSA) is 25.8 Å². The standard InChI is InChI=1S/C6H6Cl2N2S/c1-11-6-9-3-4(2-7)5(8)10-6/h3H,2H2,1H3. The number of nitrogens with zero attached hydrogens (tertiary/aromatic N) is 2. The number of aromatic nitrogens is 2. The first-order valence-corrected chi connectivity index (χ1v) is 5.03. The zero-order chi connectivity index (χ0) is 8.27. The van der Waals surface area contributed by atoms with Crippen molar-refractivity contribution in [2.24, 2.45) is 0 Å². The summed E-state index contributed by atoms with van der Waals surface area (Å²) < 4.78 is 0. The van der Waals surface area contributed by atoms with E-state index in [1.807, 2.05) is 6.26 Å². The van der Waals surface area contributed by atoms with E-state index in [0.29, 0.717) is 16.2 Å². The highest BCUT2D eigenvalue weighted by Gasteiger charge is 2.01. The third kappa shape index (κ3) is 2.22. The van der Waals surface area contributed by atoms with Gasteiger partial charge >= 0.3 is 0 Å². The Hall–Kier alpha value is 0.01000. The molecule has 1 aromatic rings. The van der Waals surface area contributed by atoms with Crippen molar-refractivity contribution in [2.75, 3.05) is 6.26 Å². The van der Waals surface area contributed by atoms with Gasteiger partial charge in [-0.1, -0.05) is 23.4 Å². The second kappa shape index (κ2) is 4.14. The van der Waals surface area contributed by atoms with Crippen LogP contribution in [0.4, 0.5) is 0 Å². The minimum atomic E-state index is 0.355. The zero-order valence-corrected chi connectivity index (χ0v) is 8.17. The van der Waals surface area contributed by atoms with Crippen molar-refractivity contribution in [3.63, 3.8) is 0 Å². The Morgan fingerprint density at radius 1 is 1.64 bits per heavy atom. The Kier molecular flexibility index (Phi) is 3.43. The Morgan fingerprint density at radius 2 is 2.36 bits per heavy atom. The molecule has 2 nitrogen and oxygen atoms in total. The maximum absolute atomic E-state index is 5.76. The summed E-state index contributed by atoms with van der Waals surface area (Å²) in [6.45, 7) is 0. The van der Waals surface area contributed by atoms with Gasteiger partial charge in [0.05, 0.1) is 5.88 Å². The van der Waals surface area contributed by atoms with Gasteiger partial charge in [0.25, 0.3) is 0 Å². The van der Waals surface area contributed by atoms with Crippen molar-refractivity contribution < 1.29 is 0 Å².